The number of aromatic hydroxyl groups is 1. The molecule has 0 aliphatic carbocycles. The smallest absolute Gasteiger partial charge is 0.306 e. The van der Waals surface area contributed by atoms with Crippen molar-refractivity contribution in [3.63, 3.8) is 0 Å². The number of nitrogens with zero attached hydrogens (tertiary/aromatic N) is 2. The third-order valence-corrected chi connectivity index (χ3v) is 5.15. The molecule has 30 heavy (non-hydrogen) atoms. The Morgan fingerprint density at radius 1 is 1.27 bits per heavy atom. The lowest BCUT2D eigenvalue weighted by atomic mass is 9.88. The number of esters is 1. The van der Waals surface area contributed by atoms with Crippen LogP contribution in [0.15, 0.2) is 47.7 Å². The van der Waals surface area contributed by atoms with Crippen molar-refractivity contribution in [2.75, 3.05) is 14.2 Å². The van der Waals surface area contributed by atoms with Gasteiger partial charge in [0.25, 0.3) is 5.56 Å². The predicted octanol–water partition coefficient (Wildman–Crippen LogP) is 2.53. The Labute approximate surface area is 174 Å². The molecule has 0 fully saturated rings. The summed E-state index contributed by atoms with van der Waals surface area (Å²) < 4.78 is 11.6. The average molecular weight is 411 g/mol. The Kier molecular flexibility index (Phi) is 6.56. The van der Waals surface area contributed by atoms with Crippen LogP contribution in [0.5, 0.6) is 11.5 Å². The second-order valence-corrected chi connectivity index (χ2v) is 6.97. The Morgan fingerprint density at radius 3 is 2.60 bits per heavy atom. The van der Waals surface area contributed by atoms with E-state index in [1.165, 1.54) is 7.11 Å². The lowest BCUT2D eigenvalue weighted by Crippen LogP contribution is -2.29. The molecular weight excluding hydrogens is 386 g/mol. The van der Waals surface area contributed by atoms with Gasteiger partial charge in [0.1, 0.15) is 11.5 Å². The highest BCUT2D eigenvalue weighted by Gasteiger charge is 2.26. The standard InChI is InChI=1S/C22H25N3O5/c1-14-10-19(26)21(22(28)25(14)9-8-16-12-23-13-24-16)18(11-20(27)30-3)15-4-6-17(29-2)7-5-15/h4-7,10,12-13,18,26H,8-9,11H2,1-3H3,(H,23,24). The van der Waals surface area contributed by atoms with Crippen LogP contribution >= 0.6 is 0 Å². The van der Waals surface area contributed by atoms with Crippen LogP contribution in [0.4, 0.5) is 0 Å². The van der Waals surface area contributed by atoms with Crippen molar-refractivity contribution in [3.05, 3.63) is 75.7 Å². The molecule has 1 atom stereocenters. The molecule has 8 nitrogen and oxygen atoms in total. The minimum atomic E-state index is -0.658. The number of methoxy groups -OCH3 is 2. The van der Waals surface area contributed by atoms with Gasteiger partial charge in [0.2, 0.25) is 0 Å². The maximum absolute atomic E-state index is 13.4. The first-order valence-corrected chi connectivity index (χ1v) is 9.56. The molecule has 0 saturated carbocycles. The maximum atomic E-state index is 13.4. The summed E-state index contributed by atoms with van der Waals surface area (Å²) >= 11 is 0. The van der Waals surface area contributed by atoms with Crippen LogP contribution in [0, 0.1) is 6.92 Å². The van der Waals surface area contributed by atoms with Gasteiger partial charge in [-0.2, -0.15) is 0 Å². The second kappa shape index (κ2) is 9.30. The van der Waals surface area contributed by atoms with Gasteiger partial charge in [-0.25, -0.2) is 4.98 Å². The summed E-state index contributed by atoms with van der Waals surface area (Å²) in [5.74, 6) is -0.616. The summed E-state index contributed by atoms with van der Waals surface area (Å²) in [4.78, 5) is 32.5. The van der Waals surface area contributed by atoms with Gasteiger partial charge >= 0.3 is 5.97 Å². The fraction of sp³-hybridized carbons (Fsp3) is 0.318. The third kappa shape index (κ3) is 4.53. The van der Waals surface area contributed by atoms with Crippen LogP contribution in [0.2, 0.25) is 0 Å². The van der Waals surface area contributed by atoms with E-state index in [0.29, 0.717) is 30.0 Å². The first-order valence-electron chi connectivity index (χ1n) is 9.56. The van der Waals surface area contributed by atoms with E-state index in [4.69, 9.17) is 9.47 Å². The largest absolute Gasteiger partial charge is 0.507 e. The quantitative estimate of drug-likeness (QED) is 0.552. The van der Waals surface area contributed by atoms with Gasteiger partial charge in [-0.05, 0) is 30.7 Å². The topological polar surface area (TPSA) is 106 Å². The number of aryl methyl sites for hydroxylation is 2. The first-order chi connectivity index (χ1) is 14.4. The van der Waals surface area contributed by atoms with Gasteiger partial charge in [0, 0.05) is 36.5 Å². The summed E-state index contributed by atoms with van der Waals surface area (Å²) in [5.41, 5.74) is 2.07. The Morgan fingerprint density at radius 2 is 2.00 bits per heavy atom. The fourth-order valence-corrected chi connectivity index (χ4v) is 3.50. The Bertz CT molecular complexity index is 1060. The van der Waals surface area contributed by atoms with E-state index in [1.807, 2.05) is 0 Å². The van der Waals surface area contributed by atoms with E-state index < -0.39 is 11.9 Å². The van der Waals surface area contributed by atoms with E-state index in [-0.39, 0.29) is 23.3 Å². The minimum absolute atomic E-state index is 0.0742. The molecule has 0 aliphatic heterocycles. The molecule has 3 aromatic rings. The summed E-state index contributed by atoms with van der Waals surface area (Å²) in [7, 11) is 2.86. The number of aromatic nitrogens is 3. The molecule has 2 heterocycles. The molecule has 158 valence electrons. The molecule has 3 rings (SSSR count). The third-order valence-electron chi connectivity index (χ3n) is 5.15. The van der Waals surface area contributed by atoms with Crippen LogP contribution < -0.4 is 10.3 Å². The fourth-order valence-electron chi connectivity index (χ4n) is 3.50. The number of H-pyrrole nitrogens is 1. The summed E-state index contributed by atoms with van der Waals surface area (Å²) in [5, 5.41) is 10.7. The van der Waals surface area contributed by atoms with Crippen LogP contribution in [0.25, 0.3) is 0 Å². The van der Waals surface area contributed by atoms with Crippen LogP contribution in [-0.2, 0) is 22.5 Å². The molecule has 0 bridgehead atoms. The molecule has 0 aliphatic rings. The number of ether oxygens (including phenoxy) is 2. The molecule has 0 saturated heterocycles. The van der Waals surface area contributed by atoms with Crippen molar-refractivity contribution in [2.24, 2.45) is 0 Å². The number of carbonyl (C=O) groups excluding carboxylic acids is 1. The lowest BCUT2D eigenvalue weighted by Gasteiger charge is -2.20. The van der Waals surface area contributed by atoms with E-state index in [2.05, 4.69) is 9.97 Å². The summed E-state index contributed by atoms with van der Waals surface area (Å²) in [6, 6.07) is 8.61. The van der Waals surface area contributed by atoms with Crippen LogP contribution in [0.1, 0.15) is 34.9 Å². The monoisotopic (exact) mass is 411 g/mol. The van der Waals surface area contributed by atoms with Gasteiger partial charge in [-0.1, -0.05) is 12.1 Å². The number of hydrogen-bond donors (Lipinski definition) is 2. The van der Waals surface area contributed by atoms with Crippen molar-refractivity contribution in [2.45, 2.75) is 32.2 Å². The van der Waals surface area contributed by atoms with Gasteiger partial charge in [0.15, 0.2) is 0 Å². The minimum Gasteiger partial charge on any atom is -0.507 e. The predicted molar refractivity (Wildman–Crippen MR) is 111 cm³/mol. The Hall–Kier alpha value is -3.55. The zero-order chi connectivity index (χ0) is 21.7. The molecule has 2 aromatic heterocycles. The van der Waals surface area contributed by atoms with Crippen LogP contribution in [0.3, 0.4) is 0 Å². The van der Waals surface area contributed by atoms with Crippen LogP contribution in [-0.4, -0.2) is 39.8 Å². The lowest BCUT2D eigenvalue weighted by molar-refractivity contribution is -0.140. The van der Waals surface area contributed by atoms with Crippen molar-refractivity contribution in [3.8, 4) is 11.5 Å². The highest BCUT2D eigenvalue weighted by molar-refractivity contribution is 5.71. The van der Waals surface area contributed by atoms with Crippen molar-refractivity contribution >= 4 is 5.97 Å². The number of rotatable bonds is 8. The number of benzene rings is 1. The number of aromatic amines is 1. The van der Waals surface area contributed by atoms with Gasteiger partial charge in [-0.15, -0.1) is 0 Å². The molecule has 0 amide bonds. The van der Waals surface area contributed by atoms with Gasteiger partial charge in [0.05, 0.1) is 32.5 Å². The number of hydrogen-bond acceptors (Lipinski definition) is 6. The van der Waals surface area contributed by atoms with Gasteiger partial charge in [-0.3, -0.25) is 9.59 Å². The zero-order valence-corrected chi connectivity index (χ0v) is 17.2. The van der Waals surface area contributed by atoms with E-state index in [9.17, 15) is 14.7 Å². The highest BCUT2D eigenvalue weighted by Crippen LogP contribution is 2.33. The number of nitrogens with one attached hydrogen (secondary N) is 1. The number of pyridine rings is 1. The van der Waals surface area contributed by atoms with Crippen molar-refractivity contribution in [1.29, 1.82) is 0 Å². The van der Waals surface area contributed by atoms with E-state index >= 15 is 0 Å². The zero-order valence-electron chi connectivity index (χ0n) is 17.2. The molecule has 1 aromatic carbocycles. The van der Waals surface area contributed by atoms with Crippen molar-refractivity contribution in [1.82, 2.24) is 14.5 Å². The molecule has 8 heteroatoms. The summed E-state index contributed by atoms with van der Waals surface area (Å²) in [6.45, 7) is 2.17. The van der Waals surface area contributed by atoms with Crippen molar-refractivity contribution < 1.29 is 19.4 Å². The number of imidazole rings is 1. The Balaban J connectivity index is 2.05. The van der Waals surface area contributed by atoms with E-state index in [1.54, 1.807) is 61.5 Å². The highest BCUT2D eigenvalue weighted by atomic mass is 16.5. The first kappa shape index (κ1) is 21.2. The SMILES string of the molecule is COC(=O)CC(c1ccc(OC)cc1)c1c(O)cc(C)n(CCc2cnc[nH]2)c1=O. The normalized spacial score (nSPS) is 11.8. The molecule has 0 radical (unpaired) electrons. The molecule has 2 N–H and O–H groups in total. The molecular formula is C22H25N3O5. The van der Waals surface area contributed by atoms with E-state index in [0.717, 1.165) is 5.69 Å². The maximum Gasteiger partial charge on any atom is 0.306 e. The molecule has 1 unspecified atom stereocenters. The average Bonchev–Trinajstić information content (AvgIpc) is 3.26. The number of carbonyl (C=O) groups is 1. The van der Waals surface area contributed by atoms with Gasteiger partial charge < -0.3 is 24.1 Å². The molecule has 0 spiro atoms. The summed E-state index contributed by atoms with van der Waals surface area (Å²) in [6.07, 6.45) is 3.80. The second-order valence-electron chi connectivity index (χ2n) is 6.97.